The maximum Gasteiger partial charge on any atom is 0.303 e. The molecule has 25 heavy (non-hydrogen) atoms. The summed E-state index contributed by atoms with van der Waals surface area (Å²) in [5, 5.41) is 18.8. The second-order valence-corrected chi connectivity index (χ2v) is 7.55. The second kappa shape index (κ2) is 10.8. The Morgan fingerprint density at radius 2 is 2.12 bits per heavy atom. The van der Waals surface area contributed by atoms with Crippen molar-refractivity contribution >= 4 is 5.97 Å². The molecule has 1 heterocycles. The van der Waals surface area contributed by atoms with Crippen LogP contribution in [0, 0.1) is 17.8 Å². The molecular weight excluding hydrogens is 316 g/mol. The lowest BCUT2D eigenvalue weighted by Gasteiger charge is -2.28. The fourth-order valence-corrected chi connectivity index (χ4v) is 4.15. The van der Waals surface area contributed by atoms with Crippen LogP contribution in [0.15, 0.2) is 24.3 Å². The number of allylic oxidation sites excluding steroid dienone is 3. The van der Waals surface area contributed by atoms with E-state index in [0.29, 0.717) is 30.3 Å². The Hall–Kier alpha value is -1.13. The highest BCUT2D eigenvalue weighted by Gasteiger charge is 2.46. The van der Waals surface area contributed by atoms with Crippen LogP contribution in [0.5, 0.6) is 0 Å². The van der Waals surface area contributed by atoms with Gasteiger partial charge in [0.2, 0.25) is 0 Å². The fraction of sp³-hybridized carbons (Fsp3) is 0.762. The summed E-state index contributed by atoms with van der Waals surface area (Å²) < 4.78 is 5.88. The van der Waals surface area contributed by atoms with E-state index in [9.17, 15) is 9.90 Å². The molecule has 0 radical (unpaired) electrons. The lowest BCUT2D eigenvalue weighted by atomic mass is 9.85. The number of hydrogen-bond donors (Lipinski definition) is 2. The summed E-state index contributed by atoms with van der Waals surface area (Å²) in [5.74, 6) is 0.865. The van der Waals surface area contributed by atoms with Gasteiger partial charge in [-0.1, -0.05) is 50.5 Å². The van der Waals surface area contributed by atoms with Crippen LogP contribution < -0.4 is 0 Å². The maximum atomic E-state index is 10.5. The maximum absolute atomic E-state index is 10.5. The molecule has 1 aliphatic carbocycles. The highest BCUT2D eigenvalue weighted by molar-refractivity contribution is 5.66. The minimum absolute atomic E-state index is 0.239. The normalized spacial score (nSPS) is 29.8. The number of fused-ring (bicyclic) bond motifs is 2. The predicted octanol–water partition coefficient (Wildman–Crippen LogP) is 4.34. The van der Waals surface area contributed by atoms with Gasteiger partial charge in [-0.05, 0) is 49.9 Å². The van der Waals surface area contributed by atoms with Crippen molar-refractivity contribution in [2.45, 2.75) is 76.9 Å². The van der Waals surface area contributed by atoms with E-state index in [2.05, 4.69) is 25.2 Å². The first-order valence-corrected chi connectivity index (χ1v) is 9.96. The van der Waals surface area contributed by atoms with Gasteiger partial charge >= 0.3 is 5.97 Å². The van der Waals surface area contributed by atoms with Crippen LogP contribution in [0.3, 0.4) is 0 Å². The molecule has 0 aromatic rings. The van der Waals surface area contributed by atoms with E-state index >= 15 is 0 Å². The van der Waals surface area contributed by atoms with Crippen LogP contribution in [-0.2, 0) is 9.53 Å². The lowest BCUT2D eigenvalue weighted by Crippen LogP contribution is -2.27. The standard InChI is InChI=1S/C21H34O4/c1-2-3-6-9-17(22)12-13-18-16-14-20(25-15-16)19(18)10-7-4-5-8-11-21(23)24/h4,7,12-13,16-20,22H,2-3,5-6,8-11,14-15H2,1H3,(H,23,24)/b7-4-,13-12+/t16-,17-,18?,19+,20-/m0/s1. The molecular formula is C21H34O4. The molecule has 142 valence electrons. The molecule has 2 N–H and O–H groups in total. The van der Waals surface area contributed by atoms with Gasteiger partial charge in [-0.15, -0.1) is 0 Å². The third-order valence-corrected chi connectivity index (χ3v) is 5.57. The smallest absolute Gasteiger partial charge is 0.303 e. The average Bonchev–Trinajstić information content (AvgIpc) is 3.17. The summed E-state index contributed by atoms with van der Waals surface area (Å²) in [4.78, 5) is 10.5. The summed E-state index contributed by atoms with van der Waals surface area (Å²) in [6, 6.07) is 0. The first-order chi connectivity index (χ1) is 12.1. The number of hydrogen-bond acceptors (Lipinski definition) is 3. The Labute approximate surface area is 152 Å². The molecule has 2 fully saturated rings. The van der Waals surface area contributed by atoms with E-state index in [4.69, 9.17) is 9.84 Å². The molecule has 4 heteroatoms. The molecule has 1 saturated heterocycles. The third kappa shape index (κ3) is 6.59. The Balaban J connectivity index is 1.78. The zero-order chi connectivity index (χ0) is 18.1. The van der Waals surface area contributed by atoms with E-state index in [1.165, 1.54) is 12.8 Å². The van der Waals surface area contributed by atoms with Gasteiger partial charge in [-0.3, -0.25) is 4.79 Å². The van der Waals surface area contributed by atoms with Crippen LogP contribution >= 0.6 is 0 Å². The van der Waals surface area contributed by atoms with Crippen LogP contribution in [0.1, 0.15) is 64.7 Å². The van der Waals surface area contributed by atoms with Crippen LogP contribution in [-0.4, -0.2) is 35.0 Å². The minimum atomic E-state index is -0.724. The SMILES string of the molecule is CCCCC[C@H](O)/C=C/C1[C@@H]2CO[C@@H](C2)[C@@H]1C/C=C\CCCC(=O)O. The number of rotatable bonds is 12. The number of carbonyl (C=O) groups is 1. The fourth-order valence-electron chi connectivity index (χ4n) is 4.15. The number of ether oxygens (including phenoxy) is 1. The van der Waals surface area contributed by atoms with Crippen LogP contribution in [0.4, 0.5) is 0 Å². The lowest BCUT2D eigenvalue weighted by molar-refractivity contribution is -0.137. The zero-order valence-corrected chi connectivity index (χ0v) is 15.5. The Bertz CT molecular complexity index is 457. The van der Waals surface area contributed by atoms with Crippen molar-refractivity contribution in [2.24, 2.45) is 17.8 Å². The number of carboxylic acid groups (broad SMARTS) is 1. The Kier molecular flexibility index (Phi) is 8.70. The van der Waals surface area contributed by atoms with Crippen LogP contribution in [0.25, 0.3) is 0 Å². The molecule has 2 aliphatic rings. The van der Waals surface area contributed by atoms with E-state index in [-0.39, 0.29) is 12.5 Å². The predicted molar refractivity (Wildman–Crippen MR) is 99.4 cm³/mol. The van der Waals surface area contributed by atoms with E-state index in [0.717, 1.165) is 38.7 Å². The summed E-state index contributed by atoms with van der Waals surface area (Å²) in [7, 11) is 0. The first-order valence-electron chi connectivity index (χ1n) is 9.96. The minimum Gasteiger partial charge on any atom is -0.481 e. The van der Waals surface area contributed by atoms with E-state index in [1.807, 2.05) is 6.08 Å². The molecule has 0 aromatic heterocycles. The highest BCUT2D eigenvalue weighted by atomic mass is 16.5. The van der Waals surface area contributed by atoms with Crippen molar-refractivity contribution in [1.29, 1.82) is 0 Å². The molecule has 2 rings (SSSR count). The molecule has 0 amide bonds. The largest absolute Gasteiger partial charge is 0.481 e. The topological polar surface area (TPSA) is 66.8 Å². The van der Waals surface area contributed by atoms with Gasteiger partial charge in [0.1, 0.15) is 0 Å². The molecule has 2 bridgehead atoms. The van der Waals surface area contributed by atoms with Crippen molar-refractivity contribution < 1.29 is 19.7 Å². The van der Waals surface area contributed by atoms with Crippen molar-refractivity contribution in [3.05, 3.63) is 24.3 Å². The number of carboxylic acids is 1. The summed E-state index contributed by atoms with van der Waals surface area (Å²) in [6.07, 6.45) is 16.8. The van der Waals surface area contributed by atoms with Crippen molar-refractivity contribution in [3.8, 4) is 0 Å². The van der Waals surface area contributed by atoms with Gasteiger partial charge in [0.25, 0.3) is 0 Å². The average molecular weight is 350 g/mol. The summed E-state index contributed by atoms with van der Waals surface area (Å²) >= 11 is 0. The van der Waals surface area contributed by atoms with E-state index < -0.39 is 5.97 Å². The monoisotopic (exact) mass is 350 g/mol. The van der Waals surface area contributed by atoms with Gasteiger partial charge in [0, 0.05) is 6.42 Å². The van der Waals surface area contributed by atoms with Gasteiger partial charge in [0.05, 0.1) is 18.8 Å². The highest BCUT2D eigenvalue weighted by Crippen LogP contribution is 2.47. The molecule has 0 aromatic carbocycles. The number of aliphatic carboxylic acids is 1. The quantitative estimate of drug-likeness (QED) is 0.406. The van der Waals surface area contributed by atoms with Gasteiger partial charge < -0.3 is 14.9 Å². The van der Waals surface area contributed by atoms with Crippen LogP contribution in [0.2, 0.25) is 0 Å². The molecule has 1 saturated carbocycles. The molecule has 1 unspecified atom stereocenters. The van der Waals surface area contributed by atoms with E-state index in [1.54, 1.807) is 0 Å². The summed E-state index contributed by atoms with van der Waals surface area (Å²) in [6.45, 7) is 3.03. The second-order valence-electron chi connectivity index (χ2n) is 7.55. The first kappa shape index (κ1) is 20.2. The Morgan fingerprint density at radius 1 is 1.28 bits per heavy atom. The van der Waals surface area contributed by atoms with Crippen molar-refractivity contribution in [1.82, 2.24) is 0 Å². The molecule has 4 nitrogen and oxygen atoms in total. The van der Waals surface area contributed by atoms with Gasteiger partial charge in [0.15, 0.2) is 0 Å². The third-order valence-electron chi connectivity index (χ3n) is 5.57. The van der Waals surface area contributed by atoms with Crippen molar-refractivity contribution in [2.75, 3.05) is 6.61 Å². The van der Waals surface area contributed by atoms with Gasteiger partial charge in [-0.25, -0.2) is 0 Å². The molecule has 5 atom stereocenters. The van der Waals surface area contributed by atoms with Crippen molar-refractivity contribution in [3.63, 3.8) is 0 Å². The Morgan fingerprint density at radius 3 is 2.88 bits per heavy atom. The number of aliphatic hydroxyl groups excluding tert-OH is 1. The summed E-state index contributed by atoms with van der Waals surface area (Å²) in [5.41, 5.74) is 0. The number of aliphatic hydroxyl groups is 1. The zero-order valence-electron chi connectivity index (χ0n) is 15.5. The molecule has 1 aliphatic heterocycles. The molecule has 0 spiro atoms. The number of unbranched alkanes of at least 4 members (excludes halogenated alkanes) is 3. The van der Waals surface area contributed by atoms with Gasteiger partial charge in [-0.2, -0.15) is 0 Å².